The molecule has 0 unspecified atom stereocenters. The van der Waals surface area contributed by atoms with Gasteiger partial charge in [-0.1, -0.05) is 0 Å². The van der Waals surface area contributed by atoms with Crippen LogP contribution in [0.25, 0.3) is 0 Å². The van der Waals surface area contributed by atoms with Crippen LogP contribution in [0.1, 0.15) is 36.5 Å². The van der Waals surface area contributed by atoms with Gasteiger partial charge < -0.3 is 20.7 Å². The maximum Gasteiger partial charge on any atom is 0.254 e. The van der Waals surface area contributed by atoms with Gasteiger partial charge in [0.05, 0.1) is 11.6 Å². The molecule has 2 saturated heterocycles. The number of likely N-dealkylation sites (N-methyl/N-ethyl adjacent to an activating group) is 1. The van der Waals surface area contributed by atoms with E-state index < -0.39 is 0 Å². The lowest BCUT2D eigenvalue weighted by Gasteiger charge is -2.34. The number of nitrogens with one attached hydrogen (secondary N) is 3. The summed E-state index contributed by atoms with van der Waals surface area (Å²) in [5.74, 6) is 0.281. The molecule has 3 rings (SSSR count). The number of carbonyl (C=O) groups is 2. The molecule has 148 valence electrons. The maximum atomic E-state index is 12.5. The Morgan fingerprint density at radius 1 is 1.26 bits per heavy atom. The normalized spacial score (nSPS) is 23.8. The number of nitrogens with zero attached hydrogens (tertiary/aromatic N) is 3. The third-order valence-electron chi connectivity index (χ3n) is 5.13. The Kier molecular flexibility index (Phi) is 6.57. The molecule has 1 aromatic rings. The molecule has 2 aliphatic rings. The third-order valence-corrected chi connectivity index (χ3v) is 5.13. The number of hydrogen-bond acceptors (Lipinski definition) is 7. The molecule has 2 atom stereocenters. The molecule has 0 aromatic carbocycles. The van der Waals surface area contributed by atoms with Gasteiger partial charge in [-0.3, -0.25) is 14.5 Å². The van der Waals surface area contributed by atoms with Gasteiger partial charge in [0.15, 0.2) is 0 Å². The largest absolute Gasteiger partial charge is 0.381 e. The highest BCUT2D eigenvalue weighted by atomic mass is 16.5. The molecule has 0 spiro atoms. The molecule has 3 N–H and O–H groups in total. The van der Waals surface area contributed by atoms with Crippen molar-refractivity contribution in [3.05, 3.63) is 18.0 Å². The van der Waals surface area contributed by atoms with Crippen molar-refractivity contribution in [2.45, 2.75) is 44.3 Å². The number of carbonyl (C=O) groups excluding carboxylic acids is 2. The highest BCUT2D eigenvalue weighted by Gasteiger charge is 2.41. The van der Waals surface area contributed by atoms with Gasteiger partial charge >= 0.3 is 0 Å². The Hall–Kier alpha value is -2.26. The summed E-state index contributed by atoms with van der Waals surface area (Å²) < 4.78 is 5.45. The van der Waals surface area contributed by atoms with Crippen LogP contribution >= 0.6 is 0 Å². The summed E-state index contributed by atoms with van der Waals surface area (Å²) in [7, 11) is 1.72. The molecule has 3 heterocycles. The lowest BCUT2D eigenvalue weighted by atomic mass is 10.1. The minimum Gasteiger partial charge on any atom is -0.381 e. The summed E-state index contributed by atoms with van der Waals surface area (Å²) in [6.07, 6.45) is 5.43. The molecule has 2 aliphatic heterocycles. The molecular formula is C18H28N6O3. The van der Waals surface area contributed by atoms with E-state index in [-0.39, 0.29) is 23.9 Å². The van der Waals surface area contributed by atoms with Gasteiger partial charge in [-0.05, 0) is 26.2 Å². The second kappa shape index (κ2) is 9.09. The number of amides is 2. The molecule has 0 radical (unpaired) electrons. The fraction of sp³-hybridized carbons (Fsp3) is 0.667. The zero-order valence-corrected chi connectivity index (χ0v) is 15.9. The van der Waals surface area contributed by atoms with Crippen molar-refractivity contribution < 1.29 is 14.3 Å². The van der Waals surface area contributed by atoms with E-state index in [0.29, 0.717) is 37.1 Å². The standard InChI is InChI=1S/C18H28N6O3/c1-3-20-17(26)15-8-13(11-24(15)14-4-6-27-7-5-14)23-16(25)12-9-21-18(19-2)22-10-12/h9-10,13-15H,3-8,11H2,1-2H3,(H,20,26)(H,23,25)(H,19,21,22)/t13-,15+/m1/s1. The Morgan fingerprint density at radius 2 is 1.96 bits per heavy atom. The lowest BCUT2D eigenvalue weighted by molar-refractivity contribution is -0.126. The lowest BCUT2D eigenvalue weighted by Crippen LogP contribution is -2.49. The first-order valence-electron chi connectivity index (χ1n) is 9.54. The molecule has 0 bridgehead atoms. The molecule has 9 heteroatoms. The second-order valence-corrected chi connectivity index (χ2v) is 6.90. The van der Waals surface area contributed by atoms with Gasteiger partial charge in [0.2, 0.25) is 11.9 Å². The van der Waals surface area contributed by atoms with Crippen molar-refractivity contribution in [3.8, 4) is 0 Å². The zero-order valence-electron chi connectivity index (χ0n) is 15.9. The minimum atomic E-state index is -0.221. The molecule has 9 nitrogen and oxygen atoms in total. The van der Waals surface area contributed by atoms with Crippen LogP contribution in [0.4, 0.5) is 5.95 Å². The summed E-state index contributed by atoms with van der Waals surface area (Å²) in [6, 6.07) is 0.00435. The molecule has 2 amide bonds. The molecular weight excluding hydrogens is 348 g/mol. The molecule has 1 aromatic heterocycles. The highest BCUT2D eigenvalue weighted by molar-refractivity contribution is 5.94. The average Bonchev–Trinajstić information content (AvgIpc) is 3.13. The monoisotopic (exact) mass is 376 g/mol. The van der Waals surface area contributed by atoms with Crippen LogP contribution in [0.15, 0.2) is 12.4 Å². The first-order valence-corrected chi connectivity index (χ1v) is 9.54. The summed E-state index contributed by atoms with van der Waals surface area (Å²) in [6.45, 7) is 4.61. The van der Waals surface area contributed by atoms with E-state index in [1.807, 2.05) is 6.92 Å². The predicted molar refractivity (Wildman–Crippen MR) is 100 cm³/mol. The van der Waals surface area contributed by atoms with E-state index in [0.717, 1.165) is 26.1 Å². The van der Waals surface area contributed by atoms with Crippen LogP contribution in [0.2, 0.25) is 0 Å². The number of anilines is 1. The van der Waals surface area contributed by atoms with Crippen LogP contribution < -0.4 is 16.0 Å². The average molecular weight is 376 g/mol. The second-order valence-electron chi connectivity index (χ2n) is 6.90. The van der Waals surface area contributed by atoms with Crippen LogP contribution in [0.5, 0.6) is 0 Å². The Labute approximate surface area is 159 Å². The number of rotatable bonds is 6. The SMILES string of the molecule is CCNC(=O)[C@@H]1C[C@@H](NC(=O)c2cnc(NC)nc2)CN1C1CCOCC1. The topological polar surface area (TPSA) is 108 Å². The summed E-state index contributed by atoms with van der Waals surface area (Å²) in [5, 5.41) is 8.78. The Bertz CT molecular complexity index is 647. The Balaban J connectivity index is 1.66. The zero-order chi connectivity index (χ0) is 19.2. The third kappa shape index (κ3) is 4.72. The van der Waals surface area contributed by atoms with Crippen LogP contribution in [0, 0.1) is 0 Å². The van der Waals surface area contributed by atoms with Gasteiger partial charge in [0.25, 0.3) is 5.91 Å². The van der Waals surface area contributed by atoms with E-state index in [1.165, 1.54) is 12.4 Å². The van der Waals surface area contributed by atoms with Gasteiger partial charge in [0.1, 0.15) is 0 Å². The summed E-state index contributed by atoms with van der Waals surface area (Å²) in [5.41, 5.74) is 0.410. The van der Waals surface area contributed by atoms with Crippen LogP contribution in [0.3, 0.4) is 0 Å². The quantitative estimate of drug-likeness (QED) is 0.642. The van der Waals surface area contributed by atoms with Gasteiger partial charge in [0, 0.05) is 57.8 Å². The van der Waals surface area contributed by atoms with Crippen molar-refractivity contribution in [2.24, 2.45) is 0 Å². The van der Waals surface area contributed by atoms with Crippen molar-refractivity contribution in [3.63, 3.8) is 0 Å². The van der Waals surface area contributed by atoms with Crippen LogP contribution in [-0.4, -0.2) is 78.2 Å². The number of ether oxygens (including phenoxy) is 1. The summed E-state index contributed by atoms with van der Waals surface area (Å²) >= 11 is 0. The van der Waals surface area contributed by atoms with Gasteiger partial charge in [-0.15, -0.1) is 0 Å². The molecule has 0 aliphatic carbocycles. The molecule has 0 saturated carbocycles. The summed E-state index contributed by atoms with van der Waals surface area (Å²) in [4.78, 5) is 35.5. The van der Waals surface area contributed by atoms with Crippen molar-refractivity contribution >= 4 is 17.8 Å². The minimum absolute atomic E-state index is 0.0300. The van der Waals surface area contributed by atoms with E-state index >= 15 is 0 Å². The number of hydrogen-bond donors (Lipinski definition) is 3. The Morgan fingerprint density at radius 3 is 2.59 bits per heavy atom. The number of likely N-dealkylation sites (tertiary alicyclic amines) is 1. The first-order chi connectivity index (χ1) is 13.1. The fourth-order valence-electron chi connectivity index (χ4n) is 3.78. The first kappa shape index (κ1) is 19.5. The fourth-order valence-corrected chi connectivity index (χ4v) is 3.78. The van der Waals surface area contributed by atoms with E-state index in [1.54, 1.807) is 7.05 Å². The smallest absolute Gasteiger partial charge is 0.254 e. The van der Waals surface area contributed by atoms with Gasteiger partial charge in [-0.2, -0.15) is 0 Å². The highest BCUT2D eigenvalue weighted by Crippen LogP contribution is 2.26. The van der Waals surface area contributed by atoms with Crippen molar-refractivity contribution in [2.75, 3.05) is 38.7 Å². The van der Waals surface area contributed by atoms with Crippen molar-refractivity contribution in [1.82, 2.24) is 25.5 Å². The predicted octanol–water partition coefficient (Wildman–Crippen LogP) is 0.00610. The van der Waals surface area contributed by atoms with E-state index in [2.05, 4.69) is 30.8 Å². The van der Waals surface area contributed by atoms with Crippen molar-refractivity contribution in [1.29, 1.82) is 0 Å². The maximum absolute atomic E-state index is 12.5. The number of aromatic nitrogens is 2. The molecule has 2 fully saturated rings. The van der Waals surface area contributed by atoms with E-state index in [9.17, 15) is 9.59 Å². The van der Waals surface area contributed by atoms with Crippen LogP contribution in [-0.2, 0) is 9.53 Å². The van der Waals surface area contributed by atoms with Gasteiger partial charge in [-0.25, -0.2) is 9.97 Å². The van der Waals surface area contributed by atoms with E-state index in [4.69, 9.17) is 4.74 Å². The molecule has 27 heavy (non-hydrogen) atoms.